The quantitative estimate of drug-likeness (QED) is 0.758. The minimum absolute atomic E-state index is 0.201. The Kier molecular flexibility index (Phi) is 5.44. The third kappa shape index (κ3) is 3.64. The fraction of sp³-hybridized carbons (Fsp3) is 0.500. The zero-order chi connectivity index (χ0) is 18.8. The average Bonchev–Trinajstić information content (AvgIpc) is 3.02. The number of benzene rings is 1. The molecule has 0 spiro atoms. The van der Waals surface area contributed by atoms with Gasteiger partial charge in [0.05, 0.1) is 18.5 Å². The van der Waals surface area contributed by atoms with Gasteiger partial charge >= 0.3 is 6.18 Å². The van der Waals surface area contributed by atoms with Crippen molar-refractivity contribution >= 4 is 23.0 Å². The number of nitrogens with zero attached hydrogens (tertiary/aromatic N) is 1. The predicted octanol–water partition coefficient (Wildman–Crippen LogP) is 3.31. The lowest BCUT2D eigenvalue weighted by molar-refractivity contribution is -0.135. The molecule has 2 heterocycles. The van der Waals surface area contributed by atoms with E-state index in [1.165, 1.54) is 7.11 Å². The molecule has 9 heteroatoms. The number of halogens is 3. The lowest BCUT2D eigenvalue weighted by Gasteiger charge is -2.21. The van der Waals surface area contributed by atoms with Gasteiger partial charge in [-0.3, -0.25) is 4.79 Å². The van der Waals surface area contributed by atoms with Crippen LogP contribution in [0.5, 0.6) is 5.75 Å². The molecule has 0 aliphatic carbocycles. The molecule has 0 bridgehead atoms. The van der Waals surface area contributed by atoms with Crippen molar-refractivity contribution in [2.45, 2.75) is 39.5 Å². The molecule has 0 fully saturated rings. The summed E-state index contributed by atoms with van der Waals surface area (Å²) in [6, 6.07) is 3.21. The maximum absolute atomic E-state index is 13.0. The molecule has 0 saturated heterocycles. The topological polar surface area (TPSA) is 74.8 Å². The number of anilines is 2. The smallest absolute Gasteiger partial charge is 0.427 e. The molecule has 1 aromatic rings. The number of hydrogen-bond donors (Lipinski definition) is 3. The predicted molar refractivity (Wildman–Crippen MR) is 89.9 cm³/mol. The molecule has 3 rings (SSSR count). The number of alkyl halides is 3. The molecule has 0 aromatic heterocycles. The van der Waals surface area contributed by atoms with E-state index in [4.69, 9.17) is 4.74 Å². The van der Waals surface area contributed by atoms with E-state index in [1.54, 1.807) is 19.1 Å². The third-order valence-corrected chi connectivity index (χ3v) is 3.83. The van der Waals surface area contributed by atoms with Crippen LogP contribution in [0.3, 0.4) is 0 Å². The van der Waals surface area contributed by atoms with Crippen LogP contribution in [0, 0.1) is 5.92 Å². The first-order chi connectivity index (χ1) is 11.8. The Morgan fingerprint density at radius 2 is 1.84 bits per heavy atom. The first-order valence-corrected chi connectivity index (χ1v) is 7.99. The standard InChI is InChI=1S/C14H15F3N4O2.C2H6/c1-6-5-9(22)20-21-10(6)7-3-4-8(23-2)12-11(7)18-13(19-12)14(15,16)17;1-2/h3-4,6,13,18-19H,5H2,1-2H3,(H,20,22);1-2H3. The highest BCUT2D eigenvalue weighted by Gasteiger charge is 2.45. The Balaban J connectivity index is 0.00000109. The van der Waals surface area contributed by atoms with Gasteiger partial charge in [0, 0.05) is 17.9 Å². The second-order valence-electron chi connectivity index (χ2n) is 5.47. The molecule has 0 radical (unpaired) electrons. The van der Waals surface area contributed by atoms with Crippen LogP contribution in [0.2, 0.25) is 0 Å². The van der Waals surface area contributed by atoms with Crippen LogP contribution < -0.4 is 20.8 Å². The van der Waals surface area contributed by atoms with Crippen molar-refractivity contribution in [2.24, 2.45) is 11.0 Å². The molecule has 1 aromatic carbocycles. The monoisotopic (exact) mass is 358 g/mol. The summed E-state index contributed by atoms with van der Waals surface area (Å²) in [6.07, 6.45) is -6.13. The maximum atomic E-state index is 13.0. The first-order valence-electron chi connectivity index (χ1n) is 7.99. The molecule has 2 atom stereocenters. The summed E-state index contributed by atoms with van der Waals surface area (Å²) in [4.78, 5) is 11.4. The highest BCUT2D eigenvalue weighted by atomic mass is 19.4. The molecule has 2 aliphatic rings. The van der Waals surface area contributed by atoms with E-state index >= 15 is 0 Å². The molecular formula is C16H21F3N4O2. The molecule has 2 unspecified atom stereocenters. The van der Waals surface area contributed by atoms with E-state index < -0.39 is 12.3 Å². The zero-order valence-electron chi connectivity index (χ0n) is 14.4. The molecule has 138 valence electrons. The number of carbonyl (C=O) groups excluding carboxylic acids is 1. The van der Waals surface area contributed by atoms with Crippen LogP contribution in [0.25, 0.3) is 0 Å². The number of ether oxygens (including phenoxy) is 1. The minimum Gasteiger partial charge on any atom is -0.495 e. The number of hydrogen-bond acceptors (Lipinski definition) is 5. The summed E-state index contributed by atoms with van der Waals surface area (Å²) >= 11 is 0. The summed E-state index contributed by atoms with van der Waals surface area (Å²) in [5.74, 6) is -0.116. The molecular weight excluding hydrogens is 337 g/mol. The number of methoxy groups -OCH3 is 1. The van der Waals surface area contributed by atoms with Crippen molar-refractivity contribution in [1.82, 2.24) is 5.43 Å². The number of carbonyl (C=O) groups is 1. The summed E-state index contributed by atoms with van der Waals surface area (Å²) in [5.41, 5.74) is 3.91. The number of hydrazone groups is 1. The SMILES string of the molecule is CC.COc1ccc(C2=NNC(=O)CC2C)c2c1NC(C(F)(F)F)N2. The fourth-order valence-electron chi connectivity index (χ4n) is 2.73. The van der Waals surface area contributed by atoms with Gasteiger partial charge in [-0.05, 0) is 12.1 Å². The van der Waals surface area contributed by atoms with E-state index in [0.29, 0.717) is 17.0 Å². The van der Waals surface area contributed by atoms with Gasteiger partial charge in [-0.25, -0.2) is 5.43 Å². The van der Waals surface area contributed by atoms with Crippen molar-refractivity contribution in [1.29, 1.82) is 0 Å². The Morgan fingerprint density at radius 3 is 2.40 bits per heavy atom. The Labute approximate surface area is 143 Å². The lowest BCUT2D eigenvalue weighted by atomic mass is 9.92. The van der Waals surface area contributed by atoms with Gasteiger partial charge in [0.25, 0.3) is 0 Å². The van der Waals surface area contributed by atoms with Crippen molar-refractivity contribution in [2.75, 3.05) is 17.7 Å². The molecule has 3 N–H and O–H groups in total. The molecule has 1 amide bonds. The number of nitrogens with one attached hydrogen (secondary N) is 3. The highest BCUT2D eigenvalue weighted by molar-refractivity contribution is 6.12. The van der Waals surface area contributed by atoms with Gasteiger partial charge in [0.15, 0.2) is 6.17 Å². The van der Waals surface area contributed by atoms with Crippen LogP contribution in [-0.2, 0) is 4.79 Å². The van der Waals surface area contributed by atoms with E-state index in [1.807, 2.05) is 13.8 Å². The van der Waals surface area contributed by atoms with Gasteiger partial charge in [0.2, 0.25) is 5.91 Å². The van der Waals surface area contributed by atoms with Crippen molar-refractivity contribution in [3.63, 3.8) is 0 Å². The highest BCUT2D eigenvalue weighted by Crippen LogP contribution is 2.44. The van der Waals surface area contributed by atoms with E-state index in [-0.39, 0.29) is 29.6 Å². The van der Waals surface area contributed by atoms with Gasteiger partial charge in [-0.2, -0.15) is 18.3 Å². The van der Waals surface area contributed by atoms with Crippen LogP contribution in [0.1, 0.15) is 32.8 Å². The van der Waals surface area contributed by atoms with Crippen LogP contribution in [-0.4, -0.2) is 31.1 Å². The zero-order valence-corrected chi connectivity index (χ0v) is 14.4. The number of rotatable bonds is 2. The fourth-order valence-corrected chi connectivity index (χ4v) is 2.73. The largest absolute Gasteiger partial charge is 0.495 e. The molecule has 6 nitrogen and oxygen atoms in total. The second kappa shape index (κ2) is 7.20. The van der Waals surface area contributed by atoms with Gasteiger partial charge in [-0.1, -0.05) is 20.8 Å². The van der Waals surface area contributed by atoms with Crippen LogP contribution in [0.15, 0.2) is 17.2 Å². The van der Waals surface area contributed by atoms with Gasteiger partial charge < -0.3 is 15.4 Å². The van der Waals surface area contributed by atoms with Gasteiger partial charge in [-0.15, -0.1) is 0 Å². The normalized spacial score (nSPS) is 21.7. The van der Waals surface area contributed by atoms with E-state index in [9.17, 15) is 18.0 Å². The number of fused-ring (bicyclic) bond motifs is 1. The van der Waals surface area contributed by atoms with Crippen molar-refractivity contribution in [3.05, 3.63) is 17.7 Å². The Hall–Kier alpha value is -2.45. The molecule has 25 heavy (non-hydrogen) atoms. The summed E-state index contributed by atoms with van der Waals surface area (Å²) in [5, 5.41) is 8.84. The third-order valence-electron chi connectivity index (χ3n) is 3.83. The average molecular weight is 358 g/mol. The lowest BCUT2D eigenvalue weighted by Crippen LogP contribution is -2.39. The van der Waals surface area contributed by atoms with E-state index in [0.717, 1.165) is 0 Å². The minimum atomic E-state index is -4.46. The van der Waals surface area contributed by atoms with Crippen molar-refractivity contribution < 1.29 is 22.7 Å². The van der Waals surface area contributed by atoms with Crippen LogP contribution >= 0.6 is 0 Å². The summed E-state index contributed by atoms with van der Waals surface area (Å²) in [6.45, 7) is 5.80. The molecule has 2 aliphatic heterocycles. The first kappa shape index (κ1) is 18.9. The summed E-state index contributed by atoms with van der Waals surface area (Å²) < 4.78 is 44.2. The molecule has 0 saturated carbocycles. The Morgan fingerprint density at radius 1 is 1.20 bits per heavy atom. The maximum Gasteiger partial charge on any atom is 0.427 e. The van der Waals surface area contributed by atoms with Crippen LogP contribution in [0.4, 0.5) is 24.5 Å². The Bertz CT molecular complexity index is 689. The van der Waals surface area contributed by atoms with E-state index in [2.05, 4.69) is 21.2 Å². The number of amides is 1. The summed E-state index contributed by atoms with van der Waals surface area (Å²) in [7, 11) is 1.39. The second-order valence-corrected chi connectivity index (χ2v) is 5.47. The van der Waals surface area contributed by atoms with Gasteiger partial charge in [0.1, 0.15) is 11.4 Å². The van der Waals surface area contributed by atoms with Crippen molar-refractivity contribution in [3.8, 4) is 5.75 Å².